The van der Waals surface area contributed by atoms with Gasteiger partial charge in [-0.2, -0.15) is 0 Å². The zero-order chi connectivity index (χ0) is 21.6. The molecule has 2 aromatic rings. The maximum Gasteiger partial charge on any atom is 0.244 e. The van der Waals surface area contributed by atoms with Crippen molar-refractivity contribution in [3.8, 4) is 5.75 Å². The fraction of sp³-hybridized carbons (Fsp3) is 0.409. The summed E-state index contributed by atoms with van der Waals surface area (Å²) in [5, 5.41) is 3.02. The fourth-order valence-electron chi connectivity index (χ4n) is 3.28. The van der Waals surface area contributed by atoms with Crippen LogP contribution in [0.4, 0.5) is 5.69 Å². The van der Waals surface area contributed by atoms with Gasteiger partial charge in [0.1, 0.15) is 11.8 Å². The topological polar surface area (TPSA) is 75.7 Å². The molecule has 0 aliphatic rings. The Bertz CT molecular complexity index is 909. The number of amides is 1. The van der Waals surface area contributed by atoms with Crippen molar-refractivity contribution in [1.29, 1.82) is 0 Å². The number of carbonyl (C=O) groups is 1. The predicted octanol–water partition coefficient (Wildman–Crippen LogP) is 3.82. The number of methoxy groups -OCH3 is 1. The third-order valence-electron chi connectivity index (χ3n) is 4.86. The molecule has 29 heavy (non-hydrogen) atoms. The maximum absolute atomic E-state index is 13.1. The molecule has 1 amide bonds. The molecule has 6 nitrogen and oxygen atoms in total. The number of rotatable bonds is 9. The Balaban J connectivity index is 2.30. The minimum absolute atomic E-state index is 0.220. The van der Waals surface area contributed by atoms with Gasteiger partial charge in [0.25, 0.3) is 0 Å². The van der Waals surface area contributed by atoms with Crippen LogP contribution >= 0.6 is 0 Å². The number of nitrogens with zero attached hydrogens (tertiary/aromatic N) is 1. The van der Waals surface area contributed by atoms with Crippen LogP contribution in [0.1, 0.15) is 43.9 Å². The number of nitrogens with one attached hydrogen (secondary N) is 1. The number of hydrogen-bond acceptors (Lipinski definition) is 4. The van der Waals surface area contributed by atoms with Crippen molar-refractivity contribution < 1.29 is 17.9 Å². The first kappa shape index (κ1) is 22.7. The Kier molecular flexibility index (Phi) is 7.67. The van der Waals surface area contributed by atoms with Gasteiger partial charge >= 0.3 is 0 Å². The lowest BCUT2D eigenvalue weighted by Gasteiger charge is -2.31. The van der Waals surface area contributed by atoms with Gasteiger partial charge in [-0.05, 0) is 49.6 Å². The molecule has 0 saturated heterocycles. The van der Waals surface area contributed by atoms with Gasteiger partial charge in [-0.15, -0.1) is 0 Å². The highest BCUT2D eigenvalue weighted by Crippen LogP contribution is 2.25. The van der Waals surface area contributed by atoms with E-state index in [4.69, 9.17) is 4.74 Å². The van der Waals surface area contributed by atoms with Gasteiger partial charge in [0.05, 0.1) is 25.1 Å². The molecule has 2 atom stereocenters. The van der Waals surface area contributed by atoms with E-state index in [1.165, 1.54) is 4.31 Å². The Morgan fingerprint density at radius 2 is 1.62 bits per heavy atom. The molecule has 2 aromatic carbocycles. The van der Waals surface area contributed by atoms with Crippen LogP contribution in [-0.4, -0.2) is 33.7 Å². The first-order chi connectivity index (χ1) is 13.7. The average Bonchev–Trinajstić information content (AvgIpc) is 2.70. The monoisotopic (exact) mass is 418 g/mol. The molecular weight excluding hydrogens is 388 g/mol. The fourth-order valence-corrected chi connectivity index (χ4v) is 4.49. The molecule has 0 spiro atoms. The van der Waals surface area contributed by atoms with Gasteiger partial charge in [-0.3, -0.25) is 9.10 Å². The summed E-state index contributed by atoms with van der Waals surface area (Å²) in [7, 11) is -2.05. The number of anilines is 1. The summed E-state index contributed by atoms with van der Waals surface area (Å²) in [6, 6.07) is 13.6. The Morgan fingerprint density at radius 3 is 2.07 bits per heavy atom. The van der Waals surface area contributed by atoms with Gasteiger partial charge < -0.3 is 10.1 Å². The van der Waals surface area contributed by atoms with Gasteiger partial charge in [0, 0.05) is 0 Å². The Morgan fingerprint density at radius 1 is 1.03 bits per heavy atom. The first-order valence-electron chi connectivity index (χ1n) is 9.71. The summed E-state index contributed by atoms with van der Waals surface area (Å²) >= 11 is 0. The zero-order valence-electron chi connectivity index (χ0n) is 17.7. The zero-order valence-corrected chi connectivity index (χ0v) is 18.5. The molecule has 158 valence electrons. The number of aryl methyl sites for hydroxylation is 1. The van der Waals surface area contributed by atoms with E-state index in [1.807, 2.05) is 57.2 Å². The molecule has 0 radical (unpaired) electrons. The standard InChI is InChI=1S/C22H30N2O4S/c1-6-20(17-10-14-19(28-4)15-11-17)23-22(25)21(7-2)24(29(5,26)27)18-12-8-16(3)9-13-18/h8-15,20-21H,6-7H2,1-5H3,(H,23,25). The van der Waals surface area contributed by atoms with E-state index < -0.39 is 16.1 Å². The maximum atomic E-state index is 13.1. The summed E-state index contributed by atoms with van der Waals surface area (Å²) in [4.78, 5) is 13.1. The Labute approximate surface area is 173 Å². The van der Waals surface area contributed by atoms with Crippen molar-refractivity contribution in [2.24, 2.45) is 0 Å². The van der Waals surface area contributed by atoms with E-state index in [0.29, 0.717) is 18.5 Å². The van der Waals surface area contributed by atoms with E-state index in [1.54, 1.807) is 19.2 Å². The van der Waals surface area contributed by atoms with Crippen LogP contribution in [0.5, 0.6) is 5.75 Å². The quantitative estimate of drug-likeness (QED) is 0.672. The molecule has 0 fully saturated rings. The van der Waals surface area contributed by atoms with Crippen LogP contribution in [0.15, 0.2) is 48.5 Å². The molecule has 2 rings (SSSR count). The van der Waals surface area contributed by atoms with Crippen molar-refractivity contribution in [2.75, 3.05) is 17.7 Å². The van der Waals surface area contributed by atoms with E-state index in [2.05, 4.69) is 5.32 Å². The smallest absolute Gasteiger partial charge is 0.244 e. The molecule has 2 unspecified atom stereocenters. The van der Waals surface area contributed by atoms with Crippen LogP contribution in [0.25, 0.3) is 0 Å². The second kappa shape index (κ2) is 9.78. The minimum Gasteiger partial charge on any atom is -0.497 e. The number of sulfonamides is 1. The minimum atomic E-state index is -3.65. The van der Waals surface area contributed by atoms with Crippen molar-refractivity contribution in [1.82, 2.24) is 5.32 Å². The van der Waals surface area contributed by atoms with Crippen molar-refractivity contribution in [2.45, 2.75) is 45.7 Å². The Hall–Kier alpha value is -2.54. The number of carbonyl (C=O) groups excluding carboxylic acids is 1. The summed E-state index contributed by atoms with van der Waals surface area (Å²) in [6.07, 6.45) is 2.16. The van der Waals surface area contributed by atoms with Gasteiger partial charge in [0.15, 0.2) is 0 Å². The highest BCUT2D eigenvalue weighted by Gasteiger charge is 2.32. The van der Waals surface area contributed by atoms with Crippen molar-refractivity contribution >= 4 is 21.6 Å². The van der Waals surface area contributed by atoms with Crippen LogP contribution in [-0.2, 0) is 14.8 Å². The van der Waals surface area contributed by atoms with Crippen LogP contribution in [0, 0.1) is 6.92 Å². The third kappa shape index (κ3) is 5.73. The van der Waals surface area contributed by atoms with Crippen molar-refractivity contribution in [3.05, 3.63) is 59.7 Å². The SMILES string of the molecule is CCC(NC(=O)C(CC)N(c1ccc(C)cc1)S(C)(=O)=O)c1ccc(OC)cc1. The summed E-state index contributed by atoms with van der Waals surface area (Å²) in [6.45, 7) is 5.72. The first-order valence-corrected chi connectivity index (χ1v) is 11.6. The molecule has 1 N–H and O–H groups in total. The summed E-state index contributed by atoms with van der Waals surface area (Å²) in [5.41, 5.74) is 2.44. The molecule has 0 bridgehead atoms. The number of hydrogen-bond donors (Lipinski definition) is 1. The van der Waals surface area contributed by atoms with Crippen LogP contribution in [0.3, 0.4) is 0 Å². The lowest BCUT2D eigenvalue weighted by Crippen LogP contribution is -2.50. The van der Waals surface area contributed by atoms with Crippen molar-refractivity contribution in [3.63, 3.8) is 0 Å². The highest BCUT2D eigenvalue weighted by molar-refractivity contribution is 7.92. The lowest BCUT2D eigenvalue weighted by atomic mass is 10.0. The van der Waals surface area contributed by atoms with E-state index >= 15 is 0 Å². The average molecular weight is 419 g/mol. The highest BCUT2D eigenvalue weighted by atomic mass is 32.2. The van der Waals surface area contributed by atoms with E-state index in [9.17, 15) is 13.2 Å². The molecular formula is C22H30N2O4S. The van der Waals surface area contributed by atoms with E-state index in [0.717, 1.165) is 23.1 Å². The predicted molar refractivity (Wildman–Crippen MR) is 117 cm³/mol. The van der Waals surface area contributed by atoms with E-state index in [-0.39, 0.29) is 11.9 Å². The van der Waals surface area contributed by atoms with Gasteiger partial charge in [0.2, 0.25) is 15.9 Å². The third-order valence-corrected chi connectivity index (χ3v) is 6.04. The van der Waals surface area contributed by atoms with Gasteiger partial charge in [-0.25, -0.2) is 8.42 Å². The number of benzene rings is 2. The second-order valence-corrected chi connectivity index (χ2v) is 8.92. The second-order valence-electron chi connectivity index (χ2n) is 7.06. The largest absolute Gasteiger partial charge is 0.497 e. The molecule has 0 aliphatic carbocycles. The molecule has 7 heteroatoms. The molecule has 0 aliphatic heterocycles. The molecule has 0 heterocycles. The van der Waals surface area contributed by atoms with Gasteiger partial charge in [-0.1, -0.05) is 43.7 Å². The molecule has 0 aromatic heterocycles. The molecule has 0 saturated carbocycles. The summed E-state index contributed by atoms with van der Waals surface area (Å²) < 4.78 is 31.5. The van der Waals surface area contributed by atoms with Crippen LogP contribution in [0.2, 0.25) is 0 Å². The lowest BCUT2D eigenvalue weighted by molar-refractivity contribution is -0.123. The number of ether oxygens (including phenoxy) is 1. The van der Waals surface area contributed by atoms with Crippen LogP contribution < -0.4 is 14.4 Å². The summed E-state index contributed by atoms with van der Waals surface area (Å²) in [5.74, 6) is 0.421. The normalized spacial score (nSPS) is 13.4.